The fraction of sp³-hybridized carbons (Fsp3) is 0.444. The molecule has 204 valence electrons. The van der Waals surface area contributed by atoms with Crippen LogP contribution in [-0.2, 0) is 11.3 Å². The summed E-state index contributed by atoms with van der Waals surface area (Å²) in [5, 5.41) is 1.19. The first-order valence-corrected chi connectivity index (χ1v) is 12.9. The first kappa shape index (κ1) is 26.2. The van der Waals surface area contributed by atoms with E-state index in [1.165, 1.54) is 23.2 Å². The second-order valence-electron chi connectivity index (χ2n) is 9.61. The average molecular weight is 532 g/mol. The summed E-state index contributed by atoms with van der Waals surface area (Å²) in [5.41, 5.74) is 3.23. The number of nitrogens with one attached hydrogen (secondary N) is 1. The lowest BCUT2D eigenvalue weighted by molar-refractivity contribution is -0.274. The maximum Gasteiger partial charge on any atom is 0.573 e. The lowest BCUT2D eigenvalue weighted by atomic mass is 10.2. The largest absolute Gasteiger partial charge is 0.573 e. The van der Waals surface area contributed by atoms with Gasteiger partial charge in [-0.2, -0.15) is 0 Å². The van der Waals surface area contributed by atoms with Crippen LogP contribution in [0.3, 0.4) is 0 Å². The van der Waals surface area contributed by atoms with Crippen molar-refractivity contribution in [3.8, 4) is 5.75 Å². The minimum atomic E-state index is -4.68. The van der Waals surface area contributed by atoms with Gasteiger partial charge in [-0.3, -0.25) is 9.80 Å². The molecule has 2 fully saturated rings. The monoisotopic (exact) mass is 531 g/mol. The zero-order valence-electron chi connectivity index (χ0n) is 21.1. The fourth-order valence-electron chi connectivity index (χ4n) is 5.05. The molecule has 38 heavy (non-hydrogen) atoms. The smallest absolute Gasteiger partial charge is 0.448 e. The zero-order chi connectivity index (χ0) is 26.5. The summed E-state index contributed by atoms with van der Waals surface area (Å²) in [7, 11) is 0. The summed E-state index contributed by atoms with van der Waals surface area (Å²) in [6.45, 7) is 7.84. The van der Waals surface area contributed by atoms with Gasteiger partial charge >= 0.3 is 12.5 Å². The Morgan fingerprint density at radius 1 is 0.868 bits per heavy atom. The molecule has 1 N–H and O–H groups in total. The first-order valence-electron chi connectivity index (χ1n) is 12.9. The molecule has 0 aliphatic carbocycles. The molecule has 2 saturated heterocycles. The highest BCUT2D eigenvalue weighted by Gasteiger charge is 2.31. The summed E-state index contributed by atoms with van der Waals surface area (Å²) in [6.07, 6.45) is -3.00. The van der Waals surface area contributed by atoms with Crippen LogP contribution in [0.4, 0.5) is 23.7 Å². The van der Waals surface area contributed by atoms with E-state index in [0.29, 0.717) is 32.8 Å². The van der Waals surface area contributed by atoms with Crippen molar-refractivity contribution in [2.75, 3.05) is 70.4 Å². The van der Waals surface area contributed by atoms with Crippen LogP contribution in [0, 0.1) is 0 Å². The van der Waals surface area contributed by atoms with Gasteiger partial charge in [0.05, 0.1) is 0 Å². The number of hydrogen-bond acceptors (Lipinski definition) is 6. The molecule has 0 spiro atoms. The van der Waals surface area contributed by atoms with E-state index in [0.717, 1.165) is 50.3 Å². The standard InChI is InChI=1S/C27H32F3N5O3/c28-27(29,30)38-22-6-4-21(5-7-22)20-33-12-10-32(11-13-33)18-19-37-26(36)35-16-14-34(15-17-35)25-3-1-2-24-23(25)8-9-31-24/h1-9,31H,10-20H2. The number of aromatic amines is 1. The normalized spacial score (nSPS) is 17.7. The third-order valence-electron chi connectivity index (χ3n) is 7.11. The Morgan fingerprint density at radius 2 is 1.58 bits per heavy atom. The number of H-pyrrole nitrogens is 1. The number of amides is 1. The van der Waals surface area contributed by atoms with Crippen LogP contribution in [0.25, 0.3) is 10.9 Å². The van der Waals surface area contributed by atoms with Gasteiger partial charge in [-0.05, 0) is 35.9 Å². The quantitative estimate of drug-likeness (QED) is 0.495. The van der Waals surface area contributed by atoms with Crippen molar-refractivity contribution in [2.45, 2.75) is 12.9 Å². The number of halogens is 3. The highest BCUT2D eigenvalue weighted by Crippen LogP contribution is 2.27. The van der Waals surface area contributed by atoms with E-state index in [1.807, 2.05) is 12.3 Å². The van der Waals surface area contributed by atoms with Gasteiger partial charge in [-0.1, -0.05) is 18.2 Å². The van der Waals surface area contributed by atoms with Gasteiger partial charge in [0.1, 0.15) is 12.4 Å². The minimum absolute atomic E-state index is 0.211. The van der Waals surface area contributed by atoms with Crippen LogP contribution < -0.4 is 9.64 Å². The summed E-state index contributed by atoms with van der Waals surface area (Å²) in [4.78, 5) is 24.4. The Balaban J connectivity index is 0.984. The van der Waals surface area contributed by atoms with Crippen LogP contribution in [-0.4, -0.2) is 97.6 Å². The highest BCUT2D eigenvalue weighted by molar-refractivity contribution is 5.92. The van der Waals surface area contributed by atoms with E-state index >= 15 is 0 Å². The molecule has 0 radical (unpaired) electrons. The Kier molecular flexibility index (Phi) is 7.94. The molecule has 5 rings (SSSR count). The van der Waals surface area contributed by atoms with Crippen molar-refractivity contribution in [1.29, 1.82) is 0 Å². The van der Waals surface area contributed by atoms with Gasteiger partial charge in [0.25, 0.3) is 0 Å². The molecule has 8 nitrogen and oxygen atoms in total. The molecule has 0 unspecified atom stereocenters. The van der Waals surface area contributed by atoms with Crippen LogP contribution in [0.2, 0.25) is 0 Å². The molecule has 3 aromatic rings. The van der Waals surface area contributed by atoms with Crippen LogP contribution in [0.15, 0.2) is 54.7 Å². The predicted molar refractivity (Wildman–Crippen MR) is 138 cm³/mol. The van der Waals surface area contributed by atoms with Gasteiger partial charge in [0, 0.05) is 88.2 Å². The number of nitrogens with zero attached hydrogens (tertiary/aromatic N) is 4. The average Bonchev–Trinajstić information content (AvgIpc) is 3.39. The van der Waals surface area contributed by atoms with Gasteiger partial charge in [0.2, 0.25) is 0 Å². The van der Waals surface area contributed by atoms with Gasteiger partial charge in [-0.15, -0.1) is 13.2 Å². The number of carbonyl (C=O) groups is 1. The van der Waals surface area contributed by atoms with Crippen molar-refractivity contribution in [1.82, 2.24) is 19.7 Å². The Bertz CT molecular complexity index is 1200. The van der Waals surface area contributed by atoms with Crippen molar-refractivity contribution in [2.24, 2.45) is 0 Å². The molecule has 3 heterocycles. The number of anilines is 1. The maximum absolute atomic E-state index is 12.6. The summed E-state index contributed by atoms with van der Waals surface area (Å²) in [6, 6.07) is 14.3. The number of aromatic nitrogens is 1. The molecule has 0 saturated carbocycles. The van der Waals surface area contributed by atoms with Crippen LogP contribution >= 0.6 is 0 Å². The predicted octanol–water partition coefficient (Wildman–Crippen LogP) is 4.14. The number of rotatable bonds is 7. The van der Waals surface area contributed by atoms with Crippen LogP contribution in [0.1, 0.15) is 5.56 Å². The number of ether oxygens (including phenoxy) is 2. The van der Waals surface area contributed by atoms with E-state index in [-0.39, 0.29) is 11.8 Å². The third kappa shape index (κ3) is 6.70. The van der Waals surface area contributed by atoms with E-state index in [2.05, 4.69) is 42.6 Å². The molecule has 2 aromatic carbocycles. The summed E-state index contributed by atoms with van der Waals surface area (Å²) in [5.74, 6) is -0.211. The Hall–Kier alpha value is -3.44. The van der Waals surface area contributed by atoms with Crippen LogP contribution in [0.5, 0.6) is 5.75 Å². The van der Waals surface area contributed by atoms with Crippen molar-refractivity contribution < 1.29 is 27.4 Å². The van der Waals surface area contributed by atoms with E-state index in [4.69, 9.17) is 4.74 Å². The second-order valence-corrected chi connectivity index (χ2v) is 9.61. The van der Waals surface area contributed by atoms with Gasteiger partial charge in [0.15, 0.2) is 0 Å². The van der Waals surface area contributed by atoms with E-state index in [9.17, 15) is 18.0 Å². The third-order valence-corrected chi connectivity index (χ3v) is 7.11. The topological polar surface area (TPSA) is 64.3 Å². The summed E-state index contributed by atoms with van der Waals surface area (Å²) < 4.78 is 46.4. The van der Waals surface area contributed by atoms with E-state index < -0.39 is 6.36 Å². The number of carbonyl (C=O) groups excluding carboxylic acids is 1. The first-order chi connectivity index (χ1) is 18.3. The molecule has 1 aromatic heterocycles. The number of piperazine rings is 2. The van der Waals surface area contributed by atoms with Gasteiger partial charge < -0.3 is 24.3 Å². The molecule has 0 atom stereocenters. The lowest BCUT2D eigenvalue weighted by Crippen LogP contribution is -2.50. The minimum Gasteiger partial charge on any atom is -0.448 e. The Labute approximate surface area is 219 Å². The molecular weight excluding hydrogens is 499 g/mol. The number of hydrogen-bond donors (Lipinski definition) is 1. The lowest BCUT2D eigenvalue weighted by Gasteiger charge is -2.36. The van der Waals surface area contributed by atoms with Crippen molar-refractivity contribution in [3.05, 3.63) is 60.3 Å². The molecule has 2 aliphatic heterocycles. The number of alkyl halides is 3. The fourth-order valence-corrected chi connectivity index (χ4v) is 5.05. The molecule has 1 amide bonds. The van der Waals surface area contributed by atoms with Gasteiger partial charge in [-0.25, -0.2) is 4.79 Å². The van der Waals surface area contributed by atoms with E-state index in [1.54, 1.807) is 17.0 Å². The van der Waals surface area contributed by atoms with Crippen molar-refractivity contribution in [3.63, 3.8) is 0 Å². The molecule has 2 aliphatic rings. The number of fused-ring (bicyclic) bond motifs is 1. The summed E-state index contributed by atoms with van der Waals surface area (Å²) >= 11 is 0. The second kappa shape index (κ2) is 11.5. The van der Waals surface area contributed by atoms with Crippen molar-refractivity contribution >= 4 is 22.7 Å². The highest BCUT2D eigenvalue weighted by atomic mass is 19.4. The molecule has 0 bridgehead atoms. The Morgan fingerprint density at radius 3 is 2.29 bits per heavy atom. The molecule has 11 heteroatoms. The zero-order valence-corrected chi connectivity index (χ0v) is 21.1. The maximum atomic E-state index is 12.6. The number of benzene rings is 2. The SMILES string of the molecule is O=C(OCCN1CCN(Cc2ccc(OC(F)(F)F)cc2)CC1)N1CCN(c2cccc3[nH]ccc23)CC1. The molecular formula is C27H32F3N5O3.